The first kappa shape index (κ1) is 23.9. The van der Waals surface area contributed by atoms with E-state index in [9.17, 15) is 14.9 Å². The lowest BCUT2D eigenvalue weighted by molar-refractivity contribution is -0.124. The number of hydrogen-bond donors (Lipinski definition) is 1. The third-order valence-electron chi connectivity index (χ3n) is 6.06. The molecule has 35 heavy (non-hydrogen) atoms. The molecular formula is C27H28N4O4. The fraction of sp³-hybridized carbons (Fsp3) is 0.296. The van der Waals surface area contributed by atoms with Gasteiger partial charge in [0.15, 0.2) is 17.1 Å². The quantitative estimate of drug-likeness (QED) is 0.375. The Bertz CT molecular complexity index is 1320. The average molecular weight is 473 g/mol. The minimum atomic E-state index is -0.394. The zero-order valence-corrected chi connectivity index (χ0v) is 20.3. The van der Waals surface area contributed by atoms with E-state index in [4.69, 9.17) is 9.15 Å². The number of furan rings is 1. The van der Waals surface area contributed by atoms with E-state index in [1.165, 1.54) is 0 Å². The Morgan fingerprint density at radius 1 is 1.09 bits per heavy atom. The van der Waals surface area contributed by atoms with Gasteiger partial charge in [0.1, 0.15) is 23.2 Å². The minimum Gasteiger partial charge on any atom is -0.490 e. The van der Waals surface area contributed by atoms with Gasteiger partial charge in [-0.3, -0.25) is 9.59 Å². The fourth-order valence-electron chi connectivity index (χ4n) is 4.33. The second-order valence-corrected chi connectivity index (χ2v) is 8.39. The van der Waals surface area contributed by atoms with Gasteiger partial charge in [-0.05, 0) is 38.1 Å². The highest BCUT2D eigenvalue weighted by molar-refractivity contribution is 6.03. The van der Waals surface area contributed by atoms with Crippen LogP contribution in [0.25, 0.3) is 11.0 Å². The summed E-state index contributed by atoms with van der Waals surface area (Å²) < 4.78 is 11.6. The van der Waals surface area contributed by atoms with E-state index in [1.54, 1.807) is 0 Å². The number of anilines is 2. The highest BCUT2D eigenvalue weighted by Crippen LogP contribution is 2.40. The normalized spacial score (nSPS) is 13.4. The van der Waals surface area contributed by atoms with E-state index >= 15 is 0 Å². The number of Topliss-reactive ketones (excluding diaryl/α,β-unsaturated/α-hetero) is 1. The molecule has 1 amide bonds. The topological polar surface area (TPSA) is 98.8 Å². The summed E-state index contributed by atoms with van der Waals surface area (Å²) in [5, 5.41) is 13.5. The highest BCUT2D eigenvalue weighted by Gasteiger charge is 2.31. The Labute approximate surface area is 204 Å². The summed E-state index contributed by atoms with van der Waals surface area (Å²) in [7, 11) is 3.64. The number of fused-ring (bicyclic) bond motifs is 2. The molecule has 180 valence electrons. The maximum Gasteiger partial charge on any atom is 0.221 e. The summed E-state index contributed by atoms with van der Waals surface area (Å²) in [6.07, 6.45) is -0.107. The molecule has 2 aromatic carbocycles. The molecule has 0 spiro atoms. The molecule has 0 bridgehead atoms. The number of allylic oxidation sites excluding steroid dienone is 1. The van der Waals surface area contributed by atoms with Crippen molar-refractivity contribution in [3.05, 3.63) is 65.7 Å². The number of para-hydroxylation sites is 3. The smallest absolute Gasteiger partial charge is 0.221 e. The van der Waals surface area contributed by atoms with Crippen molar-refractivity contribution in [1.82, 2.24) is 5.32 Å². The summed E-state index contributed by atoms with van der Waals surface area (Å²) in [5.41, 5.74) is 2.50. The monoisotopic (exact) mass is 472 g/mol. The van der Waals surface area contributed by atoms with Crippen LogP contribution in [0, 0.1) is 11.3 Å². The Morgan fingerprint density at radius 2 is 1.77 bits per heavy atom. The van der Waals surface area contributed by atoms with Gasteiger partial charge in [-0.2, -0.15) is 5.26 Å². The van der Waals surface area contributed by atoms with Gasteiger partial charge < -0.3 is 24.3 Å². The zero-order chi connectivity index (χ0) is 25.1. The van der Waals surface area contributed by atoms with Crippen LogP contribution in [0.1, 0.15) is 38.5 Å². The molecule has 0 saturated heterocycles. The molecule has 1 aliphatic rings. The molecule has 1 aromatic heterocycles. The van der Waals surface area contributed by atoms with Crippen molar-refractivity contribution in [3.8, 4) is 11.8 Å². The number of rotatable bonds is 8. The first-order chi connectivity index (χ1) is 16.8. The number of carbonyl (C=O) groups is 2. The van der Waals surface area contributed by atoms with Gasteiger partial charge in [-0.25, -0.2) is 0 Å². The van der Waals surface area contributed by atoms with E-state index in [0.717, 1.165) is 16.8 Å². The molecule has 1 atom stereocenters. The summed E-state index contributed by atoms with van der Waals surface area (Å²) in [5.74, 6) is 1.09. The van der Waals surface area contributed by atoms with Crippen LogP contribution in [0.4, 0.5) is 11.4 Å². The lowest BCUT2D eigenvalue weighted by Crippen LogP contribution is -2.28. The van der Waals surface area contributed by atoms with Crippen molar-refractivity contribution in [2.45, 2.75) is 32.7 Å². The van der Waals surface area contributed by atoms with Crippen LogP contribution in [0.5, 0.6) is 5.75 Å². The van der Waals surface area contributed by atoms with E-state index in [1.807, 2.05) is 92.3 Å². The van der Waals surface area contributed by atoms with Crippen LogP contribution in [0.2, 0.25) is 0 Å². The predicted molar refractivity (Wildman–Crippen MR) is 134 cm³/mol. The van der Waals surface area contributed by atoms with Gasteiger partial charge in [0.05, 0.1) is 24.0 Å². The summed E-state index contributed by atoms with van der Waals surface area (Å²) >= 11 is 0. The molecule has 4 rings (SSSR count). The maximum atomic E-state index is 12.9. The molecule has 8 nitrogen and oxygen atoms in total. The third-order valence-corrected chi connectivity index (χ3v) is 6.06. The van der Waals surface area contributed by atoms with Crippen LogP contribution in [-0.4, -0.2) is 32.4 Å². The summed E-state index contributed by atoms with van der Waals surface area (Å²) in [6, 6.07) is 16.9. The first-order valence-corrected chi connectivity index (χ1v) is 11.5. The van der Waals surface area contributed by atoms with Crippen LogP contribution < -0.4 is 19.9 Å². The number of nitrogens with zero attached hydrogens (tertiary/aromatic N) is 3. The lowest BCUT2D eigenvalue weighted by Gasteiger charge is -2.20. The fourth-order valence-corrected chi connectivity index (χ4v) is 4.33. The van der Waals surface area contributed by atoms with Gasteiger partial charge in [0.25, 0.3) is 0 Å². The molecule has 0 fully saturated rings. The highest BCUT2D eigenvalue weighted by atomic mass is 16.5. The number of ether oxygens (including phenoxy) is 1. The number of benzene rings is 2. The second kappa shape index (κ2) is 9.94. The Morgan fingerprint density at radius 3 is 2.40 bits per heavy atom. The van der Waals surface area contributed by atoms with Gasteiger partial charge in [-0.15, -0.1) is 0 Å². The van der Waals surface area contributed by atoms with Crippen molar-refractivity contribution in [2.24, 2.45) is 0 Å². The number of nitriles is 1. The van der Waals surface area contributed by atoms with Gasteiger partial charge in [0.2, 0.25) is 5.91 Å². The first-order valence-electron chi connectivity index (χ1n) is 11.5. The minimum absolute atomic E-state index is 0.0350. The number of ketones is 1. The second-order valence-electron chi connectivity index (χ2n) is 8.39. The van der Waals surface area contributed by atoms with Crippen LogP contribution in [0.15, 0.2) is 64.3 Å². The molecular weight excluding hydrogens is 444 g/mol. The molecule has 3 aromatic rings. The van der Waals surface area contributed by atoms with E-state index in [2.05, 4.69) is 5.32 Å². The summed E-state index contributed by atoms with van der Waals surface area (Å²) in [6.45, 7) is 4.25. The van der Waals surface area contributed by atoms with Gasteiger partial charge in [0, 0.05) is 32.3 Å². The third kappa shape index (κ3) is 4.58. The SMILES string of the molecule is CCOc1cccc2cc(C(C)NC(=O)CCC(=O)C(C#N)=C3N(C)c4ccccc4N3C)oc12. The number of hydrogen-bond acceptors (Lipinski definition) is 7. The van der Waals surface area contributed by atoms with Crippen LogP contribution >= 0.6 is 0 Å². The van der Waals surface area contributed by atoms with E-state index in [-0.39, 0.29) is 30.1 Å². The average Bonchev–Trinajstić information content (AvgIpc) is 3.40. The lowest BCUT2D eigenvalue weighted by atomic mass is 10.1. The van der Waals surface area contributed by atoms with Crippen molar-refractivity contribution in [2.75, 3.05) is 30.5 Å². The predicted octanol–water partition coefficient (Wildman–Crippen LogP) is 4.68. The number of amides is 1. The molecule has 1 N–H and O–H groups in total. The molecule has 8 heteroatoms. The van der Waals surface area contributed by atoms with Crippen molar-refractivity contribution in [1.29, 1.82) is 5.26 Å². The molecule has 2 heterocycles. The van der Waals surface area contributed by atoms with E-state index < -0.39 is 6.04 Å². The number of carbonyl (C=O) groups excluding carboxylic acids is 2. The Balaban J connectivity index is 1.42. The largest absolute Gasteiger partial charge is 0.490 e. The number of nitrogens with one attached hydrogen (secondary N) is 1. The van der Waals surface area contributed by atoms with E-state index in [0.29, 0.717) is 29.5 Å². The van der Waals surface area contributed by atoms with Gasteiger partial charge in [-0.1, -0.05) is 24.3 Å². The van der Waals surface area contributed by atoms with Crippen LogP contribution in [0.3, 0.4) is 0 Å². The van der Waals surface area contributed by atoms with Crippen molar-refractivity contribution >= 4 is 34.0 Å². The standard InChI is InChI=1S/C27H28N4O4/c1-5-34-23-12-8-9-18-15-24(35-26(18)23)17(2)29-25(33)14-13-22(32)19(16-28)27-30(3)20-10-6-7-11-21(20)31(27)4/h6-12,15,17H,5,13-14H2,1-4H3,(H,29,33). The molecule has 0 aliphatic carbocycles. The van der Waals surface area contributed by atoms with Gasteiger partial charge >= 0.3 is 0 Å². The van der Waals surface area contributed by atoms with Crippen molar-refractivity contribution in [3.63, 3.8) is 0 Å². The Hall–Kier alpha value is -4.25. The maximum absolute atomic E-state index is 12.9. The Kier molecular flexibility index (Phi) is 6.78. The molecule has 1 unspecified atom stereocenters. The molecule has 1 aliphatic heterocycles. The van der Waals surface area contributed by atoms with Crippen LogP contribution in [-0.2, 0) is 9.59 Å². The van der Waals surface area contributed by atoms with Crippen molar-refractivity contribution < 1.29 is 18.7 Å². The molecule has 0 saturated carbocycles. The molecule has 0 radical (unpaired) electrons. The summed E-state index contributed by atoms with van der Waals surface area (Å²) in [4.78, 5) is 29.2. The zero-order valence-electron chi connectivity index (χ0n) is 20.3.